The maximum absolute atomic E-state index is 12.8. The van der Waals surface area contributed by atoms with E-state index in [1.165, 1.54) is 11.8 Å². The Labute approximate surface area is 195 Å². The third-order valence-electron chi connectivity index (χ3n) is 4.59. The average Bonchev–Trinajstić information content (AvgIpc) is 2.78. The zero-order valence-corrected chi connectivity index (χ0v) is 19.1. The number of carboxylic acid groups (broad SMARTS) is 2. The summed E-state index contributed by atoms with van der Waals surface area (Å²) in [5.74, 6) is -3.78. The molecule has 0 bridgehead atoms. The maximum atomic E-state index is 12.8. The molecule has 0 saturated heterocycles. The van der Waals surface area contributed by atoms with E-state index < -0.39 is 54.3 Å². The molecule has 0 aliphatic rings. The summed E-state index contributed by atoms with van der Waals surface area (Å²) in [6, 6.07) is 5.58. The summed E-state index contributed by atoms with van der Waals surface area (Å²) in [6.45, 7) is -0.479. The molecule has 0 fully saturated rings. The molecule has 1 aromatic carbocycles. The van der Waals surface area contributed by atoms with Gasteiger partial charge in [-0.1, -0.05) is 30.3 Å². The Morgan fingerprint density at radius 1 is 0.970 bits per heavy atom. The fourth-order valence-corrected chi connectivity index (χ4v) is 3.25. The topological polar surface area (TPSA) is 188 Å². The second-order valence-electron chi connectivity index (χ2n) is 7.25. The summed E-state index contributed by atoms with van der Waals surface area (Å²) in [5.41, 5.74) is 6.34. The largest absolute Gasteiger partial charge is 0.481 e. The quantitative estimate of drug-likeness (QED) is 0.189. The van der Waals surface area contributed by atoms with Crippen molar-refractivity contribution < 1.29 is 34.2 Å². The van der Waals surface area contributed by atoms with Crippen LogP contribution < -0.4 is 21.7 Å². The normalized spacial score (nSPS) is 13.3. The molecule has 33 heavy (non-hydrogen) atoms. The highest BCUT2D eigenvalue weighted by atomic mass is 32.2. The Bertz CT molecular complexity index is 822. The summed E-state index contributed by atoms with van der Waals surface area (Å²) < 4.78 is 0. The van der Waals surface area contributed by atoms with Gasteiger partial charge in [0.15, 0.2) is 0 Å². The third kappa shape index (κ3) is 11.3. The van der Waals surface area contributed by atoms with Crippen LogP contribution in [0.4, 0.5) is 0 Å². The molecule has 3 amide bonds. The van der Waals surface area contributed by atoms with E-state index in [2.05, 4.69) is 16.0 Å². The van der Waals surface area contributed by atoms with Crippen LogP contribution in [-0.2, 0) is 30.4 Å². The highest BCUT2D eigenvalue weighted by Crippen LogP contribution is 2.06. The van der Waals surface area contributed by atoms with E-state index in [1.54, 1.807) is 30.3 Å². The summed E-state index contributed by atoms with van der Waals surface area (Å²) in [5, 5.41) is 25.3. The highest BCUT2D eigenvalue weighted by molar-refractivity contribution is 7.98. The van der Waals surface area contributed by atoms with Gasteiger partial charge in [0, 0.05) is 12.8 Å². The first-order valence-electron chi connectivity index (χ1n) is 10.2. The number of aliphatic carboxylic acids is 2. The van der Waals surface area contributed by atoms with Crippen LogP contribution in [0.25, 0.3) is 0 Å². The first-order valence-corrected chi connectivity index (χ1v) is 11.6. The Balaban J connectivity index is 2.78. The SMILES string of the molecule is CSCCC(NC(=O)C(Cc1ccccc1)NC(=O)CNC(=O)C(N)CCC(=O)O)C(=O)O. The van der Waals surface area contributed by atoms with Crippen LogP contribution in [0.1, 0.15) is 24.8 Å². The van der Waals surface area contributed by atoms with Crippen molar-refractivity contribution in [2.45, 2.75) is 43.8 Å². The van der Waals surface area contributed by atoms with Crippen molar-refractivity contribution in [3.05, 3.63) is 35.9 Å². The predicted octanol–water partition coefficient (Wildman–Crippen LogP) is -0.655. The molecule has 0 heterocycles. The number of carbonyl (C=O) groups is 5. The highest BCUT2D eigenvalue weighted by Gasteiger charge is 2.27. The van der Waals surface area contributed by atoms with Gasteiger partial charge in [0.05, 0.1) is 12.6 Å². The number of hydrogen-bond donors (Lipinski definition) is 6. The van der Waals surface area contributed by atoms with Crippen molar-refractivity contribution in [3.8, 4) is 0 Å². The fraction of sp³-hybridized carbons (Fsp3) is 0.476. The van der Waals surface area contributed by atoms with E-state index in [0.717, 1.165) is 5.56 Å². The number of benzene rings is 1. The second-order valence-corrected chi connectivity index (χ2v) is 8.23. The van der Waals surface area contributed by atoms with Gasteiger partial charge >= 0.3 is 11.9 Å². The zero-order valence-electron chi connectivity index (χ0n) is 18.3. The molecule has 0 aliphatic carbocycles. The van der Waals surface area contributed by atoms with Gasteiger partial charge in [0.2, 0.25) is 17.7 Å². The maximum Gasteiger partial charge on any atom is 0.326 e. The summed E-state index contributed by atoms with van der Waals surface area (Å²) in [6.07, 6.45) is 1.77. The van der Waals surface area contributed by atoms with Gasteiger partial charge in [-0.2, -0.15) is 11.8 Å². The van der Waals surface area contributed by atoms with Gasteiger partial charge in [0.1, 0.15) is 12.1 Å². The lowest BCUT2D eigenvalue weighted by molar-refractivity contribution is -0.142. The van der Waals surface area contributed by atoms with E-state index in [-0.39, 0.29) is 25.7 Å². The number of amides is 3. The summed E-state index contributed by atoms with van der Waals surface area (Å²) in [4.78, 5) is 59.2. The van der Waals surface area contributed by atoms with Gasteiger partial charge in [-0.3, -0.25) is 19.2 Å². The first kappa shape index (κ1) is 27.9. The number of hydrogen-bond acceptors (Lipinski definition) is 7. The Kier molecular flexibility index (Phi) is 12.6. The zero-order chi connectivity index (χ0) is 24.8. The minimum Gasteiger partial charge on any atom is -0.481 e. The monoisotopic (exact) mass is 482 g/mol. The van der Waals surface area contributed by atoms with E-state index >= 15 is 0 Å². The second kappa shape index (κ2) is 14.9. The molecule has 11 nitrogen and oxygen atoms in total. The number of nitrogens with one attached hydrogen (secondary N) is 3. The van der Waals surface area contributed by atoms with Gasteiger partial charge in [-0.25, -0.2) is 4.79 Å². The van der Waals surface area contributed by atoms with Gasteiger partial charge < -0.3 is 31.9 Å². The van der Waals surface area contributed by atoms with Crippen LogP contribution in [0.5, 0.6) is 0 Å². The predicted molar refractivity (Wildman–Crippen MR) is 122 cm³/mol. The van der Waals surface area contributed by atoms with E-state index in [0.29, 0.717) is 5.75 Å². The molecular formula is C21H30N4O7S. The molecule has 182 valence electrons. The number of thioether (sulfide) groups is 1. The first-order chi connectivity index (χ1) is 15.6. The van der Waals surface area contributed by atoms with Crippen molar-refractivity contribution in [1.29, 1.82) is 0 Å². The van der Waals surface area contributed by atoms with E-state index in [1.807, 2.05) is 6.26 Å². The van der Waals surface area contributed by atoms with Crippen molar-refractivity contribution in [1.82, 2.24) is 16.0 Å². The van der Waals surface area contributed by atoms with Gasteiger partial charge in [0.25, 0.3) is 0 Å². The van der Waals surface area contributed by atoms with Crippen molar-refractivity contribution >= 4 is 41.4 Å². The van der Waals surface area contributed by atoms with Crippen molar-refractivity contribution in [2.75, 3.05) is 18.6 Å². The van der Waals surface area contributed by atoms with E-state index in [9.17, 15) is 29.1 Å². The van der Waals surface area contributed by atoms with Crippen LogP contribution in [0.2, 0.25) is 0 Å². The van der Waals surface area contributed by atoms with Crippen LogP contribution in [0, 0.1) is 0 Å². The minimum atomic E-state index is -1.18. The molecule has 0 aromatic heterocycles. The average molecular weight is 483 g/mol. The molecular weight excluding hydrogens is 452 g/mol. The molecule has 0 saturated carbocycles. The molecule has 7 N–H and O–H groups in total. The summed E-state index contributed by atoms with van der Waals surface area (Å²) >= 11 is 1.45. The van der Waals surface area contributed by atoms with Crippen LogP contribution in [0.3, 0.4) is 0 Å². The molecule has 0 spiro atoms. The Hall–Kier alpha value is -3.12. The van der Waals surface area contributed by atoms with Crippen LogP contribution >= 0.6 is 11.8 Å². The van der Waals surface area contributed by atoms with Gasteiger partial charge in [-0.15, -0.1) is 0 Å². The van der Waals surface area contributed by atoms with Gasteiger partial charge in [-0.05, 0) is 30.4 Å². The lowest BCUT2D eigenvalue weighted by Crippen LogP contribution is -2.54. The standard InChI is InChI=1S/C21H30N4O7S/c1-33-10-9-15(21(31)32)25-20(30)16(11-13-5-3-2-4-6-13)24-17(26)12-23-19(29)14(22)7-8-18(27)28/h2-6,14-16H,7-12,22H2,1H3,(H,23,29)(H,24,26)(H,25,30)(H,27,28)(H,31,32). The van der Waals surface area contributed by atoms with E-state index in [4.69, 9.17) is 10.8 Å². The summed E-state index contributed by atoms with van der Waals surface area (Å²) in [7, 11) is 0. The fourth-order valence-electron chi connectivity index (χ4n) is 2.78. The molecule has 0 radical (unpaired) electrons. The molecule has 3 atom stereocenters. The number of carboxylic acids is 2. The molecule has 1 aromatic rings. The Morgan fingerprint density at radius 3 is 2.21 bits per heavy atom. The third-order valence-corrected chi connectivity index (χ3v) is 5.23. The molecule has 1 rings (SSSR count). The van der Waals surface area contributed by atoms with Crippen molar-refractivity contribution in [3.63, 3.8) is 0 Å². The number of carbonyl (C=O) groups excluding carboxylic acids is 3. The smallest absolute Gasteiger partial charge is 0.326 e. The molecule has 0 aliphatic heterocycles. The minimum absolute atomic E-state index is 0.0888. The molecule has 12 heteroatoms. The number of rotatable bonds is 15. The lowest BCUT2D eigenvalue weighted by Gasteiger charge is -2.22. The van der Waals surface area contributed by atoms with Crippen LogP contribution in [0.15, 0.2) is 30.3 Å². The Morgan fingerprint density at radius 2 is 1.64 bits per heavy atom. The van der Waals surface area contributed by atoms with Crippen molar-refractivity contribution in [2.24, 2.45) is 5.73 Å². The number of nitrogens with two attached hydrogens (primary N) is 1. The lowest BCUT2D eigenvalue weighted by atomic mass is 10.0. The van der Waals surface area contributed by atoms with Crippen LogP contribution in [-0.4, -0.2) is 76.6 Å². The molecule has 3 unspecified atom stereocenters.